The van der Waals surface area contributed by atoms with Crippen molar-refractivity contribution in [2.75, 3.05) is 29.6 Å². The van der Waals surface area contributed by atoms with Gasteiger partial charge in [0, 0.05) is 37.5 Å². The zero-order valence-corrected chi connectivity index (χ0v) is 72.8. The van der Waals surface area contributed by atoms with E-state index in [0.717, 1.165) is 153 Å². The summed E-state index contributed by atoms with van der Waals surface area (Å²) in [6, 6.07) is 35.4. The first-order chi connectivity index (χ1) is 47.3. The molecule has 0 saturated heterocycles. The van der Waals surface area contributed by atoms with Crippen LogP contribution in [0.15, 0.2) is 117 Å². The summed E-state index contributed by atoms with van der Waals surface area (Å²) in [5.41, 5.74) is 20.7. The Hall–Kier alpha value is -5.98. The van der Waals surface area contributed by atoms with Crippen LogP contribution in [-0.2, 0) is 58.4 Å². The zero-order chi connectivity index (χ0) is 78.7. The molecule has 0 aliphatic heterocycles. The van der Waals surface area contributed by atoms with Crippen LogP contribution in [0.25, 0.3) is 44.5 Å². The van der Waals surface area contributed by atoms with Crippen LogP contribution in [0.1, 0.15) is 266 Å². The Morgan fingerprint density at radius 1 is 0.279 bits per heavy atom. The summed E-state index contributed by atoms with van der Waals surface area (Å²) in [7, 11) is 0. The van der Waals surface area contributed by atoms with Crippen molar-refractivity contribution in [2.24, 2.45) is 0 Å². The van der Waals surface area contributed by atoms with Crippen molar-refractivity contribution in [1.82, 2.24) is 0 Å². The first kappa shape index (κ1) is 83.7. The largest absolute Gasteiger partial charge is 0.395 e. The van der Waals surface area contributed by atoms with E-state index in [1.54, 1.807) is 4.90 Å². The summed E-state index contributed by atoms with van der Waals surface area (Å²) < 4.78 is 0. The second-order valence-corrected chi connectivity index (χ2v) is 40.3. The minimum atomic E-state index is -1.92. The number of rotatable bonds is 12. The second-order valence-electron chi connectivity index (χ2n) is 38.4. The number of nitrogens with zero attached hydrogens (tertiary/aromatic N) is 2. The zero-order valence-electron chi connectivity index (χ0n) is 69.3. The molecular formula is C94H124N2O4S4. The standard InChI is InChI=1S/C94H124N2O4S4/c1-52-35-70(68(86(9,10)11)43-60(52)64-47-74(90(21,22)23)80(101)39-56(64)5)94(51-98,71-36-53(2)61(44-69(71)87(12,13)14)65-48-75(91(24,25)26)81(102)40-57(65)6)96(79-38-55(4)63(46-73(79)89(18,19)20)67-50-77(93(30,31)32)83(104)42-59(67)8)85(100)84(99)95(33-34-97)78-37-54(3)62(45-72(78)88(15,16)17)66-49-76(92(27,28)29)82(103)41-58(66)7/h35-50,97-98,101-104H,33-34,51H2,1-32H3. The third-order valence-electron chi connectivity index (χ3n) is 21.4. The molecule has 558 valence electrons. The number of anilines is 2. The number of carbonyl (C=O) groups excluding carboxylic acids is 2. The van der Waals surface area contributed by atoms with Gasteiger partial charge in [0.2, 0.25) is 0 Å². The minimum Gasteiger partial charge on any atom is -0.395 e. The summed E-state index contributed by atoms with van der Waals surface area (Å²) in [4.78, 5) is 42.6. The molecule has 10 heteroatoms. The van der Waals surface area contributed by atoms with E-state index in [4.69, 9.17) is 50.5 Å². The summed E-state index contributed by atoms with van der Waals surface area (Å²) in [5.74, 6) is -1.73. The molecule has 0 aromatic heterocycles. The molecule has 0 saturated carbocycles. The number of carbonyl (C=O) groups is 2. The van der Waals surface area contributed by atoms with Gasteiger partial charge in [-0.25, -0.2) is 0 Å². The van der Waals surface area contributed by atoms with Crippen molar-refractivity contribution in [3.63, 3.8) is 0 Å². The van der Waals surface area contributed by atoms with E-state index < -0.39 is 52.2 Å². The Morgan fingerprint density at radius 3 is 0.731 bits per heavy atom. The number of hydrogen-bond donors (Lipinski definition) is 6. The molecule has 0 aliphatic rings. The van der Waals surface area contributed by atoms with E-state index in [1.165, 1.54) is 4.90 Å². The first-order valence-electron chi connectivity index (χ1n) is 37.2. The van der Waals surface area contributed by atoms with E-state index in [0.29, 0.717) is 22.5 Å². The molecule has 0 unspecified atom stereocenters. The van der Waals surface area contributed by atoms with E-state index in [1.807, 2.05) is 6.07 Å². The highest BCUT2D eigenvalue weighted by molar-refractivity contribution is 7.80. The van der Waals surface area contributed by atoms with E-state index in [-0.39, 0.29) is 28.2 Å². The molecule has 2 amide bonds. The van der Waals surface area contributed by atoms with Crippen LogP contribution in [0.5, 0.6) is 0 Å². The first-order valence-corrected chi connectivity index (χ1v) is 39.0. The molecule has 0 bridgehead atoms. The van der Waals surface area contributed by atoms with Gasteiger partial charge in [0.05, 0.1) is 13.2 Å². The third-order valence-corrected chi connectivity index (χ3v) is 22.9. The fourth-order valence-electron chi connectivity index (χ4n) is 15.6. The summed E-state index contributed by atoms with van der Waals surface area (Å²) in [6.45, 7) is 68.3. The van der Waals surface area contributed by atoms with Gasteiger partial charge in [0.25, 0.3) is 0 Å². The minimum absolute atomic E-state index is 0.205. The van der Waals surface area contributed by atoms with E-state index in [9.17, 15) is 10.2 Å². The molecule has 0 heterocycles. The van der Waals surface area contributed by atoms with Gasteiger partial charge in [-0.2, -0.15) is 0 Å². The van der Waals surface area contributed by atoms with Gasteiger partial charge in [-0.3, -0.25) is 14.5 Å². The Bertz CT molecular complexity index is 4560. The van der Waals surface area contributed by atoms with Crippen molar-refractivity contribution < 1.29 is 19.8 Å². The molecule has 0 aliphatic carbocycles. The maximum Gasteiger partial charge on any atom is 0.318 e. The monoisotopic (exact) mass is 1470 g/mol. The average Bonchev–Trinajstić information content (AvgIpc) is 0.695. The molecule has 0 spiro atoms. The summed E-state index contributed by atoms with van der Waals surface area (Å²) >= 11 is 20.3. The normalized spacial score (nSPS) is 13.1. The number of amides is 2. The topological polar surface area (TPSA) is 81.1 Å². The molecule has 104 heavy (non-hydrogen) atoms. The van der Waals surface area contributed by atoms with Gasteiger partial charge in [-0.15, -0.1) is 50.5 Å². The smallest absolute Gasteiger partial charge is 0.318 e. The molecule has 2 N–H and O–H groups in total. The lowest BCUT2D eigenvalue weighted by Gasteiger charge is -2.49. The number of aryl methyl sites for hydroxylation is 8. The lowest BCUT2D eigenvalue weighted by Crippen LogP contribution is -2.59. The highest BCUT2D eigenvalue weighted by atomic mass is 32.1. The van der Waals surface area contributed by atoms with Crippen molar-refractivity contribution in [2.45, 2.75) is 290 Å². The third kappa shape index (κ3) is 16.4. The maximum atomic E-state index is 18.2. The molecule has 0 atom stereocenters. The number of hydrogen-bond acceptors (Lipinski definition) is 8. The number of aliphatic hydroxyl groups is 2. The second kappa shape index (κ2) is 29.2. The van der Waals surface area contributed by atoms with Gasteiger partial charge < -0.3 is 15.1 Å². The van der Waals surface area contributed by atoms with Crippen molar-refractivity contribution >= 4 is 73.7 Å². The Morgan fingerprint density at radius 2 is 0.490 bits per heavy atom. The Kier molecular flexibility index (Phi) is 23.5. The fourth-order valence-corrected chi connectivity index (χ4v) is 18.0. The predicted octanol–water partition coefficient (Wildman–Crippen LogP) is 24.7. The SMILES string of the molecule is Cc1cc(S)c(C(C)(C)C)cc1-c1cc(C(C)(C)C)c(N(CCO)C(=O)C(=O)N(c2cc(C)c(-c3cc(C(C)(C)C)c(S)cc3C)cc2C(C)(C)C)C(CO)(c2cc(C)c(-c3cc(C(C)(C)C)c(S)cc3C)cc2C(C)(C)C)c2cc(C)c(-c3cc(C(C)(C)C)c(S)cc3C)cc2C(C)(C)C)cc1C. The van der Waals surface area contributed by atoms with Crippen molar-refractivity contribution in [1.29, 1.82) is 0 Å². The van der Waals surface area contributed by atoms with Crippen molar-refractivity contribution in [3.8, 4) is 44.5 Å². The lowest BCUT2D eigenvalue weighted by atomic mass is 9.67. The molecule has 8 aromatic rings. The molecule has 8 aromatic carbocycles. The molecular weight excluding hydrogens is 1350 g/mol. The average molecular weight is 1470 g/mol. The number of benzene rings is 8. The molecule has 8 rings (SSSR count). The summed E-state index contributed by atoms with van der Waals surface area (Å²) in [6.07, 6.45) is 0. The van der Waals surface area contributed by atoms with Crippen LogP contribution in [0, 0.1) is 55.4 Å². The van der Waals surface area contributed by atoms with Gasteiger partial charge in [0.15, 0.2) is 0 Å². The van der Waals surface area contributed by atoms with Gasteiger partial charge in [-0.1, -0.05) is 178 Å². The van der Waals surface area contributed by atoms with Gasteiger partial charge >= 0.3 is 11.8 Å². The molecule has 0 fully saturated rings. The highest BCUT2D eigenvalue weighted by Crippen LogP contribution is 2.54. The number of aliphatic hydroxyl groups excluding tert-OH is 2. The van der Waals surface area contributed by atoms with Crippen LogP contribution >= 0.6 is 50.5 Å². The lowest BCUT2D eigenvalue weighted by molar-refractivity contribution is -0.137. The highest BCUT2D eigenvalue weighted by Gasteiger charge is 2.53. The van der Waals surface area contributed by atoms with Crippen LogP contribution in [0.4, 0.5) is 11.4 Å². The molecule has 6 nitrogen and oxygen atoms in total. The van der Waals surface area contributed by atoms with E-state index in [2.05, 4.69) is 313 Å². The molecule has 0 radical (unpaired) electrons. The predicted molar refractivity (Wildman–Crippen MR) is 459 cm³/mol. The number of thiol groups is 4. The van der Waals surface area contributed by atoms with Crippen LogP contribution in [-0.4, -0.2) is 41.8 Å². The van der Waals surface area contributed by atoms with Gasteiger partial charge in [-0.05, 0) is 328 Å². The Labute approximate surface area is 650 Å². The van der Waals surface area contributed by atoms with Crippen LogP contribution in [0.3, 0.4) is 0 Å². The van der Waals surface area contributed by atoms with E-state index >= 15 is 9.59 Å². The fraction of sp³-hybridized carbons (Fsp3) is 0.468. The van der Waals surface area contributed by atoms with Crippen LogP contribution < -0.4 is 9.80 Å². The Balaban J connectivity index is 1.67. The van der Waals surface area contributed by atoms with Gasteiger partial charge in [0.1, 0.15) is 5.54 Å². The maximum absolute atomic E-state index is 18.2. The van der Waals surface area contributed by atoms with Crippen molar-refractivity contribution in [3.05, 3.63) is 197 Å². The van der Waals surface area contributed by atoms with Crippen LogP contribution in [0.2, 0.25) is 0 Å². The summed E-state index contributed by atoms with van der Waals surface area (Å²) in [5, 5.41) is 25.8. The quantitative estimate of drug-likeness (QED) is 0.0544.